The fourth-order valence-electron chi connectivity index (χ4n) is 5.64. The van der Waals surface area contributed by atoms with E-state index < -0.39 is 41.8 Å². The van der Waals surface area contributed by atoms with Crippen molar-refractivity contribution < 1.29 is 50.9 Å². The number of fused-ring (bicyclic) bond motifs is 1. The van der Waals surface area contributed by atoms with Crippen LogP contribution in [0.5, 0.6) is 11.5 Å². The number of nitrogens with one attached hydrogen (secondary N) is 1. The zero-order valence-electron chi connectivity index (χ0n) is 27.9. The smallest absolute Gasteiger partial charge is 0.379 e. The quantitative estimate of drug-likeness (QED) is 0.263. The molecule has 1 fully saturated rings. The first-order valence-corrected chi connectivity index (χ1v) is 15.6. The number of alkyl halides is 3. The van der Waals surface area contributed by atoms with Crippen molar-refractivity contribution in [2.45, 2.75) is 44.9 Å². The van der Waals surface area contributed by atoms with Gasteiger partial charge < -0.3 is 34.4 Å². The van der Waals surface area contributed by atoms with Crippen LogP contribution in [0.1, 0.15) is 39.0 Å². The lowest BCUT2D eigenvalue weighted by Crippen LogP contribution is -2.43. The van der Waals surface area contributed by atoms with Gasteiger partial charge in [-0.05, 0) is 68.2 Å². The third-order valence-corrected chi connectivity index (χ3v) is 7.88. The summed E-state index contributed by atoms with van der Waals surface area (Å²) in [6, 6.07) is 12.5. The maximum Gasteiger partial charge on any atom is 0.379 e. The highest BCUT2D eigenvalue weighted by Gasteiger charge is 2.28. The first kappa shape index (κ1) is 39.0. The van der Waals surface area contributed by atoms with Crippen molar-refractivity contribution in [3.8, 4) is 11.5 Å². The van der Waals surface area contributed by atoms with Gasteiger partial charge in [-0.3, -0.25) is 4.79 Å². The zero-order valence-corrected chi connectivity index (χ0v) is 27.9. The van der Waals surface area contributed by atoms with Crippen LogP contribution in [0.4, 0.5) is 27.6 Å². The van der Waals surface area contributed by atoms with Gasteiger partial charge in [0.1, 0.15) is 34.7 Å². The number of carboxylic acid groups (broad SMARTS) is 1. The number of anilines is 1. The molecule has 1 atom stereocenters. The number of hydrogen-bond acceptors (Lipinski definition) is 7. The van der Waals surface area contributed by atoms with Crippen LogP contribution in [0.25, 0.3) is 0 Å². The van der Waals surface area contributed by atoms with Crippen molar-refractivity contribution in [3.63, 3.8) is 0 Å². The first-order valence-electron chi connectivity index (χ1n) is 15.6. The summed E-state index contributed by atoms with van der Waals surface area (Å²) in [5.74, 6) is -2.69. The number of halogens is 5. The molecule has 1 saturated heterocycles. The predicted octanol–water partition coefficient (Wildman–Crippen LogP) is 5.66. The molecular weight excluding hydrogens is 653 g/mol. The van der Waals surface area contributed by atoms with Crippen LogP contribution in [0, 0.1) is 11.6 Å². The van der Waals surface area contributed by atoms with Crippen molar-refractivity contribution in [2.75, 3.05) is 59.5 Å². The molecule has 3 aromatic rings. The van der Waals surface area contributed by atoms with E-state index in [0.29, 0.717) is 32.0 Å². The maximum atomic E-state index is 14.7. The SMILES string of the molecule is COc1ccc(CN(C)C)c(OC)c1.FC(F)F.O=C(NC(Cc1cccc2c1CCC2)C(=O)O)c1c(F)cc(N2CCOCC2)cc1F. The second kappa shape index (κ2) is 18.9. The molecule has 49 heavy (non-hydrogen) atoms. The summed E-state index contributed by atoms with van der Waals surface area (Å²) in [5.41, 5.74) is 3.84. The van der Waals surface area contributed by atoms with Gasteiger partial charge in [0.05, 0.1) is 27.4 Å². The van der Waals surface area contributed by atoms with Gasteiger partial charge in [-0.25, -0.2) is 13.6 Å². The Kier molecular flexibility index (Phi) is 15.1. The van der Waals surface area contributed by atoms with Crippen LogP contribution in [0.2, 0.25) is 0 Å². The highest BCUT2D eigenvalue weighted by atomic mass is 19.4. The molecule has 1 heterocycles. The number of morpholine rings is 1. The van der Waals surface area contributed by atoms with E-state index >= 15 is 0 Å². The van der Waals surface area contributed by atoms with Crippen LogP contribution in [-0.4, -0.2) is 89.2 Å². The number of amides is 1. The highest BCUT2D eigenvalue weighted by Crippen LogP contribution is 2.27. The summed E-state index contributed by atoms with van der Waals surface area (Å²) in [4.78, 5) is 28.3. The number of carbonyl (C=O) groups is 2. The number of rotatable bonds is 10. The van der Waals surface area contributed by atoms with E-state index in [1.54, 1.807) is 19.1 Å². The number of carbonyl (C=O) groups excluding carboxylic acids is 1. The fraction of sp³-hybridized carbons (Fsp3) is 0.429. The van der Waals surface area contributed by atoms with E-state index in [1.807, 2.05) is 50.5 Å². The van der Waals surface area contributed by atoms with Crippen molar-refractivity contribution in [1.82, 2.24) is 10.2 Å². The predicted molar refractivity (Wildman–Crippen MR) is 174 cm³/mol. The van der Waals surface area contributed by atoms with Gasteiger partial charge in [-0.1, -0.05) is 24.3 Å². The van der Waals surface area contributed by atoms with Crippen LogP contribution >= 0.6 is 0 Å². The molecule has 0 radical (unpaired) electrons. The Morgan fingerprint density at radius 1 is 0.959 bits per heavy atom. The van der Waals surface area contributed by atoms with Crippen molar-refractivity contribution in [1.29, 1.82) is 0 Å². The number of hydrogen-bond donors (Lipinski definition) is 2. The third-order valence-electron chi connectivity index (χ3n) is 7.88. The van der Waals surface area contributed by atoms with E-state index in [0.717, 1.165) is 60.6 Å². The molecule has 9 nitrogen and oxygen atoms in total. The molecule has 0 spiro atoms. The Morgan fingerprint density at radius 2 is 1.61 bits per heavy atom. The number of nitrogens with zero attached hydrogens (tertiary/aromatic N) is 2. The van der Waals surface area contributed by atoms with Gasteiger partial charge in [0.2, 0.25) is 0 Å². The molecule has 1 aliphatic carbocycles. The molecule has 0 bridgehead atoms. The second-order valence-electron chi connectivity index (χ2n) is 11.5. The van der Waals surface area contributed by atoms with Crippen molar-refractivity contribution in [3.05, 3.63) is 88.0 Å². The van der Waals surface area contributed by atoms with Crippen LogP contribution < -0.4 is 19.7 Å². The number of ether oxygens (including phenoxy) is 3. The molecule has 2 aliphatic rings. The van der Waals surface area contributed by atoms with Gasteiger partial charge >= 0.3 is 12.6 Å². The summed E-state index contributed by atoms with van der Waals surface area (Å²) in [6.07, 6.45) is 2.86. The standard InChI is InChI=1S/C23H24F2N2O4.C11H17NO2.CHF3/c24-18-12-16(27-7-9-31-10-8-27)13-19(25)21(18)22(28)26-20(23(29)30)11-15-5-1-3-14-4-2-6-17(14)15;1-12(2)8-9-5-6-10(13-3)7-11(9)14-4;2-1(3)4/h1,3,5,12-13,20H,2,4,6-11H2,(H,26,28)(H,29,30);5-7H,8H2,1-4H3;1H. The van der Waals surface area contributed by atoms with E-state index in [-0.39, 0.29) is 6.42 Å². The maximum absolute atomic E-state index is 14.7. The third kappa shape index (κ3) is 11.6. The number of benzene rings is 3. The molecule has 0 saturated carbocycles. The second-order valence-corrected chi connectivity index (χ2v) is 11.5. The normalized spacial score (nSPS) is 14.2. The Morgan fingerprint density at radius 3 is 2.18 bits per heavy atom. The lowest BCUT2D eigenvalue weighted by Gasteiger charge is -2.29. The summed E-state index contributed by atoms with van der Waals surface area (Å²) >= 11 is 0. The largest absolute Gasteiger partial charge is 0.497 e. The molecule has 0 aromatic heterocycles. The molecule has 1 aliphatic heterocycles. The summed E-state index contributed by atoms with van der Waals surface area (Å²) in [7, 11) is 7.39. The number of carboxylic acids is 1. The minimum Gasteiger partial charge on any atom is -0.497 e. The molecular formula is C35H42F5N3O6. The molecule has 2 N–H and O–H groups in total. The molecule has 3 aromatic carbocycles. The van der Waals surface area contributed by atoms with E-state index in [9.17, 15) is 36.6 Å². The monoisotopic (exact) mass is 695 g/mol. The summed E-state index contributed by atoms with van der Waals surface area (Å²) in [5, 5.41) is 11.9. The Balaban J connectivity index is 0.000000300. The van der Waals surface area contributed by atoms with Crippen LogP contribution in [0.3, 0.4) is 0 Å². The van der Waals surface area contributed by atoms with E-state index in [1.165, 1.54) is 11.1 Å². The van der Waals surface area contributed by atoms with Gasteiger partial charge in [-0.2, -0.15) is 13.2 Å². The van der Waals surface area contributed by atoms with Crippen molar-refractivity contribution >= 4 is 17.6 Å². The average Bonchev–Trinajstić information content (AvgIpc) is 3.54. The van der Waals surface area contributed by atoms with Gasteiger partial charge in [0, 0.05) is 43.4 Å². The Bertz CT molecular complexity index is 1530. The molecule has 14 heteroatoms. The van der Waals surface area contributed by atoms with Gasteiger partial charge in [-0.15, -0.1) is 0 Å². The molecule has 1 unspecified atom stereocenters. The zero-order chi connectivity index (χ0) is 36.1. The van der Waals surface area contributed by atoms with E-state index in [2.05, 4.69) is 10.2 Å². The number of aryl methyl sites for hydroxylation is 1. The lowest BCUT2D eigenvalue weighted by atomic mass is 9.97. The van der Waals surface area contributed by atoms with Crippen molar-refractivity contribution in [2.24, 2.45) is 0 Å². The highest BCUT2D eigenvalue weighted by molar-refractivity contribution is 5.97. The van der Waals surface area contributed by atoms with Gasteiger partial charge in [0.25, 0.3) is 5.91 Å². The Hall–Kier alpha value is -4.43. The molecule has 268 valence electrons. The first-order chi connectivity index (χ1) is 23.3. The number of methoxy groups -OCH3 is 2. The number of aliphatic carboxylic acids is 1. The average molecular weight is 696 g/mol. The Labute approximate surface area is 282 Å². The van der Waals surface area contributed by atoms with Crippen LogP contribution in [-0.2, 0) is 35.3 Å². The van der Waals surface area contributed by atoms with Crippen LogP contribution in [0.15, 0.2) is 48.5 Å². The lowest BCUT2D eigenvalue weighted by molar-refractivity contribution is -0.139. The minimum atomic E-state index is -3.67. The molecule has 1 amide bonds. The minimum absolute atomic E-state index is 0.0549. The fourth-order valence-corrected chi connectivity index (χ4v) is 5.64. The molecule has 5 rings (SSSR count). The van der Waals surface area contributed by atoms with Gasteiger partial charge in [0.15, 0.2) is 0 Å². The summed E-state index contributed by atoms with van der Waals surface area (Å²) < 4.78 is 74.0. The summed E-state index contributed by atoms with van der Waals surface area (Å²) in [6.45, 7) is -0.906. The van der Waals surface area contributed by atoms with E-state index in [4.69, 9.17) is 14.2 Å². The topological polar surface area (TPSA) is 101 Å².